The summed E-state index contributed by atoms with van der Waals surface area (Å²) in [5.74, 6) is -0.762. The van der Waals surface area contributed by atoms with Gasteiger partial charge in [-0.3, -0.25) is 19.3 Å². The zero-order valence-electron chi connectivity index (χ0n) is 17.2. The second-order valence-corrected chi connectivity index (χ2v) is 7.53. The molecular weight excluding hydrogens is 443 g/mol. The predicted molar refractivity (Wildman–Crippen MR) is 115 cm³/mol. The molecule has 11 heteroatoms. The number of hydrogen-bond donors (Lipinski definition) is 2. The van der Waals surface area contributed by atoms with Gasteiger partial charge in [0.15, 0.2) is 10.6 Å². The maximum atomic E-state index is 13.1. The summed E-state index contributed by atoms with van der Waals surface area (Å²) in [5, 5.41) is 9.03. The van der Waals surface area contributed by atoms with Crippen LogP contribution in [0.5, 0.6) is 0 Å². The number of aromatic amines is 1. The first-order valence-corrected chi connectivity index (χ1v) is 9.89. The summed E-state index contributed by atoms with van der Waals surface area (Å²) in [6.45, 7) is 1.31. The van der Waals surface area contributed by atoms with E-state index in [1.165, 1.54) is 23.7 Å². The van der Waals surface area contributed by atoms with Crippen molar-refractivity contribution in [2.75, 3.05) is 18.9 Å². The van der Waals surface area contributed by atoms with Crippen molar-refractivity contribution in [2.24, 2.45) is 0 Å². The van der Waals surface area contributed by atoms with Crippen molar-refractivity contribution in [1.29, 1.82) is 0 Å². The first-order chi connectivity index (χ1) is 15.1. The molecule has 0 radical (unpaired) electrons. The molecule has 0 saturated heterocycles. The van der Waals surface area contributed by atoms with Gasteiger partial charge in [0, 0.05) is 12.6 Å². The van der Waals surface area contributed by atoms with E-state index in [0.29, 0.717) is 5.82 Å². The minimum Gasteiger partial charge on any atom is -0.335 e. The number of nitrogens with zero attached hydrogens (tertiary/aromatic N) is 3. The van der Waals surface area contributed by atoms with Crippen molar-refractivity contribution in [1.82, 2.24) is 19.7 Å². The smallest absolute Gasteiger partial charge is 0.335 e. The van der Waals surface area contributed by atoms with E-state index in [1.54, 1.807) is 0 Å². The first-order valence-electron chi connectivity index (χ1n) is 9.48. The Hall–Kier alpha value is -3.47. The van der Waals surface area contributed by atoms with Crippen molar-refractivity contribution < 1.29 is 22.8 Å². The number of H-pyrrole nitrogens is 1. The monoisotopic (exact) mass is 463 g/mol. The molecule has 0 aliphatic carbocycles. The number of rotatable bonds is 6. The number of alkyl halides is 3. The predicted octanol–water partition coefficient (Wildman–Crippen LogP) is 4.03. The van der Waals surface area contributed by atoms with Crippen molar-refractivity contribution >= 4 is 29.7 Å². The Labute approximate surface area is 186 Å². The standard InChI is InChI=1S/C21H20F3N5O2S/c1-13-7-9-14(10-8-13)19-26-27-20(32)29(19)12-18(31)28(2)11-17(30)25-16-6-4-3-5-15(16)21(22,23)24/h3-10H,11-12H2,1-2H3,(H,25,30)(H,27,32). The van der Waals surface area contributed by atoms with Gasteiger partial charge in [-0.15, -0.1) is 0 Å². The number of para-hydroxylation sites is 1. The normalized spacial score (nSPS) is 11.3. The lowest BCUT2D eigenvalue weighted by Gasteiger charge is -2.19. The van der Waals surface area contributed by atoms with Crippen molar-refractivity contribution in [3.05, 3.63) is 64.4 Å². The Balaban J connectivity index is 1.69. The van der Waals surface area contributed by atoms with Gasteiger partial charge in [0.25, 0.3) is 0 Å². The number of carbonyl (C=O) groups is 2. The molecule has 0 atom stereocenters. The maximum absolute atomic E-state index is 13.1. The Bertz CT molecular complexity index is 1190. The summed E-state index contributed by atoms with van der Waals surface area (Å²) >= 11 is 5.22. The fourth-order valence-electron chi connectivity index (χ4n) is 2.98. The fraction of sp³-hybridized carbons (Fsp3) is 0.238. The molecule has 32 heavy (non-hydrogen) atoms. The van der Waals surface area contributed by atoms with Crippen LogP contribution in [-0.4, -0.2) is 45.1 Å². The van der Waals surface area contributed by atoms with E-state index in [-0.39, 0.29) is 17.0 Å². The highest BCUT2D eigenvalue weighted by Crippen LogP contribution is 2.34. The molecule has 0 fully saturated rings. The van der Waals surface area contributed by atoms with Gasteiger partial charge in [-0.1, -0.05) is 42.0 Å². The molecule has 168 valence electrons. The van der Waals surface area contributed by atoms with Crippen molar-refractivity contribution in [3.63, 3.8) is 0 Å². The SMILES string of the molecule is Cc1ccc(-c2n[nH]c(=S)n2CC(=O)N(C)CC(=O)Nc2ccccc2C(F)(F)F)cc1. The molecule has 2 amide bonds. The van der Waals surface area contributed by atoms with Gasteiger partial charge in [-0.05, 0) is 31.3 Å². The third-order valence-corrected chi connectivity index (χ3v) is 4.99. The van der Waals surface area contributed by atoms with Crippen LogP contribution >= 0.6 is 12.2 Å². The molecule has 0 aliphatic heterocycles. The second kappa shape index (κ2) is 9.35. The highest BCUT2D eigenvalue weighted by molar-refractivity contribution is 7.71. The summed E-state index contributed by atoms with van der Waals surface area (Å²) in [6.07, 6.45) is -4.62. The third kappa shape index (κ3) is 5.41. The molecule has 1 heterocycles. The summed E-state index contributed by atoms with van der Waals surface area (Å²) < 4.78 is 41.0. The summed E-state index contributed by atoms with van der Waals surface area (Å²) in [5.41, 5.74) is 0.475. The Morgan fingerprint density at radius 2 is 1.81 bits per heavy atom. The van der Waals surface area contributed by atoms with Gasteiger partial charge in [-0.25, -0.2) is 0 Å². The summed E-state index contributed by atoms with van der Waals surface area (Å²) in [6, 6.07) is 12.1. The topological polar surface area (TPSA) is 83.0 Å². The Morgan fingerprint density at radius 3 is 2.47 bits per heavy atom. The zero-order valence-corrected chi connectivity index (χ0v) is 18.0. The van der Waals surface area contributed by atoms with Crippen LogP contribution in [-0.2, 0) is 22.3 Å². The van der Waals surface area contributed by atoms with Gasteiger partial charge >= 0.3 is 6.18 Å². The number of likely N-dealkylation sites (N-methyl/N-ethyl adjacent to an activating group) is 1. The van der Waals surface area contributed by atoms with Crippen LogP contribution in [0.1, 0.15) is 11.1 Å². The van der Waals surface area contributed by atoms with E-state index in [4.69, 9.17) is 12.2 Å². The number of amides is 2. The molecule has 1 aromatic heterocycles. The fourth-order valence-corrected chi connectivity index (χ4v) is 3.17. The largest absolute Gasteiger partial charge is 0.418 e. The number of halogens is 3. The van der Waals surface area contributed by atoms with Crippen LogP contribution in [0.15, 0.2) is 48.5 Å². The molecule has 0 aliphatic rings. The number of carbonyl (C=O) groups excluding carboxylic acids is 2. The van der Waals surface area contributed by atoms with E-state index >= 15 is 0 Å². The third-order valence-electron chi connectivity index (χ3n) is 4.67. The molecule has 3 aromatic rings. The zero-order chi connectivity index (χ0) is 23.5. The number of nitrogens with one attached hydrogen (secondary N) is 2. The van der Waals surface area contributed by atoms with Crippen molar-refractivity contribution in [2.45, 2.75) is 19.6 Å². The van der Waals surface area contributed by atoms with Gasteiger partial charge in [0.2, 0.25) is 11.8 Å². The van der Waals surface area contributed by atoms with Gasteiger partial charge in [0.1, 0.15) is 6.54 Å². The lowest BCUT2D eigenvalue weighted by molar-refractivity contribution is -0.137. The van der Waals surface area contributed by atoms with Gasteiger partial charge in [0.05, 0.1) is 17.8 Å². The first kappa shape index (κ1) is 23.2. The highest BCUT2D eigenvalue weighted by atomic mass is 32.1. The average Bonchev–Trinajstić information content (AvgIpc) is 3.08. The molecule has 3 rings (SSSR count). The Kier molecular flexibility index (Phi) is 6.78. The lowest BCUT2D eigenvalue weighted by Crippen LogP contribution is -2.37. The van der Waals surface area contributed by atoms with Crippen molar-refractivity contribution in [3.8, 4) is 11.4 Å². The average molecular weight is 463 g/mol. The molecule has 2 N–H and O–H groups in total. The summed E-state index contributed by atoms with van der Waals surface area (Å²) in [7, 11) is 1.38. The van der Waals surface area contributed by atoms with Crippen LogP contribution in [0.25, 0.3) is 11.4 Å². The van der Waals surface area contributed by atoms with E-state index in [9.17, 15) is 22.8 Å². The molecule has 0 bridgehead atoms. The number of aryl methyl sites for hydroxylation is 1. The van der Waals surface area contributed by atoms with E-state index in [0.717, 1.165) is 28.2 Å². The van der Waals surface area contributed by atoms with Gasteiger partial charge in [-0.2, -0.15) is 18.3 Å². The lowest BCUT2D eigenvalue weighted by atomic mass is 10.1. The van der Waals surface area contributed by atoms with E-state index < -0.39 is 30.1 Å². The second-order valence-electron chi connectivity index (χ2n) is 7.15. The summed E-state index contributed by atoms with van der Waals surface area (Å²) in [4.78, 5) is 26.1. The minimum atomic E-state index is -4.62. The molecule has 0 saturated carbocycles. The van der Waals surface area contributed by atoms with E-state index in [1.807, 2.05) is 31.2 Å². The molecule has 7 nitrogen and oxygen atoms in total. The van der Waals surface area contributed by atoms with Crippen LogP contribution < -0.4 is 5.32 Å². The van der Waals surface area contributed by atoms with Crippen LogP contribution in [0, 0.1) is 11.7 Å². The minimum absolute atomic E-state index is 0.193. The number of benzene rings is 2. The van der Waals surface area contributed by atoms with Crippen LogP contribution in [0.3, 0.4) is 0 Å². The molecule has 0 unspecified atom stereocenters. The number of anilines is 1. The molecule has 2 aromatic carbocycles. The number of hydrogen-bond acceptors (Lipinski definition) is 4. The van der Waals surface area contributed by atoms with Gasteiger partial charge < -0.3 is 10.2 Å². The molecule has 0 spiro atoms. The Morgan fingerprint density at radius 1 is 1.16 bits per heavy atom. The van der Waals surface area contributed by atoms with Crippen LogP contribution in [0.4, 0.5) is 18.9 Å². The molecular formula is C21H20F3N5O2S. The van der Waals surface area contributed by atoms with Crippen LogP contribution in [0.2, 0.25) is 0 Å². The quantitative estimate of drug-likeness (QED) is 0.541. The maximum Gasteiger partial charge on any atom is 0.418 e. The van der Waals surface area contributed by atoms with E-state index in [2.05, 4.69) is 15.5 Å². The number of aromatic nitrogens is 3. The highest BCUT2D eigenvalue weighted by Gasteiger charge is 2.33.